The fourth-order valence-electron chi connectivity index (χ4n) is 5.47. The highest BCUT2D eigenvalue weighted by Crippen LogP contribution is 2.45. The Morgan fingerprint density at radius 3 is 2.40 bits per heavy atom. The smallest absolute Gasteiger partial charge is 0.221 e. The highest BCUT2D eigenvalue weighted by Gasteiger charge is 2.42. The van der Waals surface area contributed by atoms with E-state index in [2.05, 4.69) is 74.2 Å². The summed E-state index contributed by atoms with van der Waals surface area (Å²) in [5.41, 5.74) is 7.94. The number of benzene rings is 2. The van der Waals surface area contributed by atoms with E-state index in [1.165, 1.54) is 6.92 Å². The Morgan fingerprint density at radius 2 is 1.77 bits per heavy atom. The van der Waals surface area contributed by atoms with E-state index in [-0.39, 0.29) is 18.0 Å². The van der Waals surface area contributed by atoms with Crippen molar-refractivity contribution in [1.82, 2.24) is 14.9 Å². The van der Waals surface area contributed by atoms with Crippen LogP contribution in [-0.2, 0) is 4.79 Å². The summed E-state index contributed by atoms with van der Waals surface area (Å²) < 4.78 is 7.78. The molecule has 1 saturated heterocycles. The number of hydrogen-bond acceptors (Lipinski definition) is 5. The van der Waals surface area contributed by atoms with Crippen LogP contribution in [0.2, 0.25) is 0 Å². The summed E-state index contributed by atoms with van der Waals surface area (Å²) in [6, 6.07) is 22.0. The number of hydrogen-bond donors (Lipinski definition) is 2. The van der Waals surface area contributed by atoms with E-state index in [1.54, 1.807) is 13.3 Å². The van der Waals surface area contributed by atoms with Crippen molar-refractivity contribution < 1.29 is 9.53 Å². The van der Waals surface area contributed by atoms with Crippen LogP contribution in [0.25, 0.3) is 5.69 Å². The van der Waals surface area contributed by atoms with Crippen molar-refractivity contribution in [2.24, 2.45) is 0 Å². The summed E-state index contributed by atoms with van der Waals surface area (Å²) in [7, 11) is 5.67. The number of aryl methyl sites for hydroxylation is 1. The number of carbonyl (C=O) groups excluding carboxylic acids is 1. The predicted molar refractivity (Wildman–Crippen MR) is 165 cm³/mol. The first kappa shape index (κ1) is 27.2. The molecule has 2 aromatic heterocycles. The highest BCUT2D eigenvalue weighted by molar-refractivity contribution is 7.80. The van der Waals surface area contributed by atoms with Gasteiger partial charge in [-0.05, 0) is 92.3 Å². The molecule has 0 radical (unpaired) electrons. The topological polar surface area (TPSA) is 74.7 Å². The highest BCUT2D eigenvalue weighted by atomic mass is 32.1. The van der Waals surface area contributed by atoms with E-state index in [1.807, 2.05) is 50.5 Å². The van der Waals surface area contributed by atoms with Crippen LogP contribution < -0.4 is 25.2 Å². The number of pyridine rings is 1. The second-order valence-corrected chi connectivity index (χ2v) is 10.5. The minimum Gasteiger partial charge on any atom is -0.495 e. The number of anilines is 3. The Balaban J connectivity index is 1.65. The predicted octanol–water partition coefficient (Wildman–Crippen LogP) is 5.70. The normalized spacial score (nSPS) is 16.6. The van der Waals surface area contributed by atoms with Crippen LogP contribution >= 0.6 is 12.2 Å². The molecule has 0 saturated carbocycles. The van der Waals surface area contributed by atoms with Crippen molar-refractivity contribution in [3.05, 3.63) is 95.6 Å². The molecule has 1 aliphatic rings. The summed E-state index contributed by atoms with van der Waals surface area (Å²) in [6.07, 6.45) is 1.80. The molecule has 5 rings (SSSR count). The van der Waals surface area contributed by atoms with E-state index in [4.69, 9.17) is 17.0 Å². The zero-order valence-electron chi connectivity index (χ0n) is 23.6. The molecule has 40 heavy (non-hydrogen) atoms. The second-order valence-electron chi connectivity index (χ2n) is 10.1. The molecule has 0 unspecified atom stereocenters. The molecule has 0 aliphatic carbocycles. The molecule has 2 N–H and O–H groups in total. The summed E-state index contributed by atoms with van der Waals surface area (Å²) in [6.45, 7) is 5.75. The van der Waals surface area contributed by atoms with Crippen molar-refractivity contribution in [2.75, 3.05) is 36.3 Å². The monoisotopic (exact) mass is 554 g/mol. The molecule has 8 nitrogen and oxygen atoms in total. The molecule has 3 heterocycles. The van der Waals surface area contributed by atoms with Gasteiger partial charge in [0.2, 0.25) is 5.91 Å². The molecule has 2 aromatic carbocycles. The minimum atomic E-state index is -0.193. The van der Waals surface area contributed by atoms with E-state index in [0.29, 0.717) is 16.5 Å². The number of amides is 1. The first-order valence-electron chi connectivity index (χ1n) is 13.1. The van der Waals surface area contributed by atoms with E-state index < -0.39 is 0 Å². The Hall–Kier alpha value is -4.37. The van der Waals surface area contributed by atoms with Gasteiger partial charge >= 0.3 is 0 Å². The van der Waals surface area contributed by atoms with Crippen LogP contribution in [-0.4, -0.2) is 41.8 Å². The average Bonchev–Trinajstić information content (AvgIpc) is 3.43. The summed E-state index contributed by atoms with van der Waals surface area (Å²) in [5.74, 6) is 0.401. The molecule has 0 bridgehead atoms. The van der Waals surface area contributed by atoms with Gasteiger partial charge in [0.25, 0.3) is 0 Å². The van der Waals surface area contributed by atoms with Crippen molar-refractivity contribution in [3.8, 4) is 11.4 Å². The summed E-state index contributed by atoms with van der Waals surface area (Å²) >= 11 is 5.94. The van der Waals surface area contributed by atoms with E-state index >= 15 is 0 Å². The molecule has 1 fully saturated rings. The van der Waals surface area contributed by atoms with Gasteiger partial charge in [-0.25, -0.2) is 0 Å². The maximum atomic E-state index is 11.9. The lowest BCUT2D eigenvalue weighted by Gasteiger charge is -2.29. The number of aromatic nitrogens is 2. The van der Waals surface area contributed by atoms with Crippen molar-refractivity contribution in [2.45, 2.75) is 32.9 Å². The molecule has 0 spiro atoms. The van der Waals surface area contributed by atoms with Crippen molar-refractivity contribution in [3.63, 3.8) is 0 Å². The maximum Gasteiger partial charge on any atom is 0.221 e. The first-order chi connectivity index (χ1) is 19.2. The Labute approximate surface area is 240 Å². The molecular formula is C31H34N6O2S. The number of ether oxygens (including phenoxy) is 1. The lowest BCUT2D eigenvalue weighted by Crippen LogP contribution is -2.29. The Kier molecular flexibility index (Phi) is 7.49. The summed E-state index contributed by atoms with van der Waals surface area (Å²) in [4.78, 5) is 20.8. The minimum absolute atomic E-state index is 0.177. The number of nitrogens with zero attached hydrogens (tertiary/aromatic N) is 4. The molecule has 1 aliphatic heterocycles. The van der Waals surface area contributed by atoms with Crippen LogP contribution in [0.15, 0.2) is 72.9 Å². The van der Waals surface area contributed by atoms with Crippen LogP contribution in [0.3, 0.4) is 0 Å². The molecule has 4 aromatic rings. The Morgan fingerprint density at radius 1 is 1.05 bits per heavy atom. The number of carbonyl (C=O) groups is 1. The molecule has 9 heteroatoms. The van der Waals surface area contributed by atoms with Gasteiger partial charge < -0.3 is 29.7 Å². The van der Waals surface area contributed by atoms with Crippen LogP contribution in [0.1, 0.15) is 41.7 Å². The van der Waals surface area contributed by atoms with Gasteiger partial charge in [-0.3, -0.25) is 9.78 Å². The van der Waals surface area contributed by atoms with Crippen molar-refractivity contribution >= 4 is 40.3 Å². The quantitative estimate of drug-likeness (QED) is 0.284. The third-order valence-corrected chi connectivity index (χ3v) is 7.60. The lowest BCUT2D eigenvalue weighted by atomic mass is 9.96. The average molecular weight is 555 g/mol. The first-order valence-corrected chi connectivity index (χ1v) is 13.5. The molecule has 206 valence electrons. The molecule has 1 amide bonds. The number of rotatable bonds is 7. The number of nitrogens with one attached hydrogen (secondary N) is 2. The lowest BCUT2D eigenvalue weighted by molar-refractivity contribution is -0.114. The van der Waals surface area contributed by atoms with Crippen molar-refractivity contribution in [1.29, 1.82) is 0 Å². The third kappa shape index (κ3) is 5.00. The fourth-order valence-corrected chi connectivity index (χ4v) is 5.81. The van der Waals surface area contributed by atoms with Gasteiger partial charge in [0.1, 0.15) is 5.75 Å². The van der Waals surface area contributed by atoms with E-state index in [0.717, 1.165) is 39.7 Å². The summed E-state index contributed by atoms with van der Waals surface area (Å²) in [5, 5.41) is 7.00. The third-order valence-electron chi connectivity index (χ3n) is 7.28. The van der Waals surface area contributed by atoms with Crippen LogP contribution in [0, 0.1) is 13.8 Å². The van der Waals surface area contributed by atoms with Gasteiger partial charge in [0.15, 0.2) is 5.11 Å². The molecule has 2 atom stereocenters. The zero-order valence-corrected chi connectivity index (χ0v) is 24.4. The largest absolute Gasteiger partial charge is 0.495 e. The number of methoxy groups -OCH3 is 1. The fraction of sp³-hybridized carbons (Fsp3) is 0.258. The van der Waals surface area contributed by atoms with Gasteiger partial charge in [0.05, 0.1) is 30.6 Å². The molecular weight excluding hydrogens is 520 g/mol. The van der Waals surface area contributed by atoms with E-state index in [9.17, 15) is 4.79 Å². The van der Waals surface area contributed by atoms with Gasteiger partial charge in [-0.2, -0.15) is 0 Å². The van der Waals surface area contributed by atoms with Gasteiger partial charge in [-0.15, -0.1) is 0 Å². The second kappa shape index (κ2) is 11.0. The van der Waals surface area contributed by atoms with Gasteiger partial charge in [-0.1, -0.05) is 6.07 Å². The maximum absolute atomic E-state index is 11.9. The standard InChI is InChI=1S/C31H34N6O2S/c1-19-17-25(20(2)36(19)23-12-10-22(11-13-23)35(4)5)30-29(26-9-7-8-16-32-26)34-31(40)37(30)24-14-15-28(39-6)27(18-24)33-21(3)38/h7-18,29-30H,1-6H3,(H,33,38)(H,34,40)/t29-,30-/m1/s1. The van der Waals surface area contributed by atoms with Gasteiger partial charge in [0, 0.05) is 55.7 Å². The SMILES string of the molecule is COc1ccc(N2C(=S)N[C@H](c3ccccn3)[C@H]2c2cc(C)n(-c3ccc(N(C)C)cc3)c2C)cc1NC(C)=O. The zero-order chi connectivity index (χ0) is 28.6. The Bertz CT molecular complexity index is 1550. The van der Waals surface area contributed by atoms with Crippen LogP contribution in [0.5, 0.6) is 5.75 Å². The number of thiocarbonyl (C=S) groups is 1. The van der Waals surface area contributed by atoms with Crippen LogP contribution in [0.4, 0.5) is 17.1 Å².